The van der Waals surface area contributed by atoms with Crippen molar-refractivity contribution < 1.29 is 9.53 Å². The summed E-state index contributed by atoms with van der Waals surface area (Å²) in [7, 11) is 1.82. The number of hydrogen-bond acceptors (Lipinski definition) is 2. The van der Waals surface area contributed by atoms with Gasteiger partial charge in [-0.1, -0.05) is 30.7 Å². The maximum atomic E-state index is 12.2. The topological polar surface area (TPSA) is 29.5 Å². The van der Waals surface area contributed by atoms with Crippen LogP contribution in [0.15, 0.2) is 23.8 Å². The lowest BCUT2D eigenvalue weighted by atomic mass is 9.95. The third-order valence-electron chi connectivity index (χ3n) is 3.57. The summed E-state index contributed by atoms with van der Waals surface area (Å²) in [5, 5.41) is 0. The minimum Gasteiger partial charge on any atom is -0.444 e. The lowest BCUT2D eigenvalue weighted by molar-refractivity contribution is 0.0240. The van der Waals surface area contributed by atoms with Crippen LogP contribution >= 0.6 is 0 Å². The van der Waals surface area contributed by atoms with Crippen molar-refractivity contribution in [2.75, 3.05) is 7.05 Å². The van der Waals surface area contributed by atoms with E-state index in [2.05, 4.69) is 32.1 Å². The fraction of sp³-hybridized carbons (Fsp3) is 0.706. The maximum absolute atomic E-state index is 12.2. The summed E-state index contributed by atoms with van der Waals surface area (Å²) >= 11 is 0. The summed E-state index contributed by atoms with van der Waals surface area (Å²) in [6, 6.07) is 0.0991. The number of carbonyl (C=O) groups excluding carboxylic acids is 1. The summed E-state index contributed by atoms with van der Waals surface area (Å²) in [4.78, 5) is 13.9. The van der Waals surface area contributed by atoms with Gasteiger partial charge in [0.25, 0.3) is 0 Å². The Labute approximate surface area is 123 Å². The van der Waals surface area contributed by atoms with Crippen LogP contribution in [0.3, 0.4) is 0 Å². The number of allylic oxidation sites excluding steroid dienone is 3. The Morgan fingerprint density at radius 3 is 2.65 bits per heavy atom. The molecule has 3 heteroatoms. The molecule has 1 aliphatic carbocycles. The highest BCUT2D eigenvalue weighted by molar-refractivity contribution is 5.68. The Balaban J connectivity index is 2.78. The fourth-order valence-electron chi connectivity index (χ4n) is 2.27. The molecule has 0 aromatic rings. The fourth-order valence-corrected chi connectivity index (χ4v) is 2.27. The van der Waals surface area contributed by atoms with Crippen molar-refractivity contribution in [3.63, 3.8) is 0 Å². The van der Waals surface area contributed by atoms with Gasteiger partial charge in [-0.3, -0.25) is 0 Å². The van der Waals surface area contributed by atoms with Gasteiger partial charge in [0.2, 0.25) is 0 Å². The van der Waals surface area contributed by atoms with Gasteiger partial charge in [-0.15, -0.1) is 0 Å². The third-order valence-corrected chi connectivity index (χ3v) is 3.57. The zero-order valence-electron chi connectivity index (χ0n) is 13.8. The second kappa shape index (κ2) is 6.96. The van der Waals surface area contributed by atoms with Crippen LogP contribution in [-0.2, 0) is 4.74 Å². The van der Waals surface area contributed by atoms with Crippen LogP contribution in [0.2, 0.25) is 0 Å². The van der Waals surface area contributed by atoms with Gasteiger partial charge >= 0.3 is 6.09 Å². The molecule has 0 radical (unpaired) electrons. The highest BCUT2D eigenvalue weighted by Gasteiger charge is 2.25. The summed E-state index contributed by atoms with van der Waals surface area (Å²) < 4.78 is 5.45. The first-order valence-electron chi connectivity index (χ1n) is 7.49. The van der Waals surface area contributed by atoms with Gasteiger partial charge in [-0.05, 0) is 52.9 Å². The van der Waals surface area contributed by atoms with E-state index in [4.69, 9.17) is 4.74 Å². The van der Waals surface area contributed by atoms with Crippen LogP contribution in [0, 0.1) is 5.92 Å². The molecule has 0 saturated heterocycles. The molecule has 0 fully saturated rings. The van der Waals surface area contributed by atoms with Crippen LogP contribution in [0.4, 0.5) is 4.79 Å². The minimum atomic E-state index is -0.449. The van der Waals surface area contributed by atoms with E-state index < -0.39 is 5.60 Å². The molecule has 3 nitrogen and oxygen atoms in total. The normalized spacial score (nSPS) is 24.2. The van der Waals surface area contributed by atoms with Crippen LogP contribution in [-0.4, -0.2) is 29.7 Å². The first-order valence-corrected chi connectivity index (χ1v) is 7.49. The monoisotopic (exact) mass is 279 g/mol. The van der Waals surface area contributed by atoms with Crippen molar-refractivity contribution in [2.45, 2.75) is 65.5 Å². The summed E-state index contributed by atoms with van der Waals surface area (Å²) in [6.07, 6.45) is 9.35. The van der Waals surface area contributed by atoms with Crippen LogP contribution < -0.4 is 0 Å². The van der Waals surface area contributed by atoms with Crippen molar-refractivity contribution in [3.05, 3.63) is 23.8 Å². The Morgan fingerprint density at radius 1 is 1.40 bits per heavy atom. The number of nitrogens with zero attached hydrogens (tertiary/aromatic N) is 1. The van der Waals surface area contributed by atoms with Crippen LogP contribution in [0.25, 0.3) is 0 Å². The number of amides is 1. The van der Waals surface area contributed by atoms with E-state index in [9.17, 15) is 4.79 Å². The SMILES string of the molecule is CC1=CC=CC(N(C)C(=O)OC(C)(C)C)CC(C)CC1. The van der Waals surface area contributed by atoms with E-state index in [1.165, 1.54) is 12.0 Å². The first-order chi connectivity index (χ1) is 9.19. The van der Waals surface area contributed by atoms with E-state index in [0.29, 0.717) is 5.92 Å². The smallest absolute Gasteiger partial charge is 0.410 e. The van der Waals surface area contributed by atoms with E-state index in [0.717, 1.165) is 12.8 Å². The van der Waals surface area contributed by atoms with Gasteiger partial charge in [0, 0.05) is 7.05 Å². The molecule has 0 saturated carbocycles. The standard InChI is InChI=1S/C17H29NO2/c1-13-8-7-9-15(12-14(2)11-10-13)18(6)16(19)20-17(3,4)5/h7-9,14-15H,10-12H2,1-6H3. The number of rotatable bonds is 1. The molecule has 0 aliphatic heterocycles. The Bertz CT molecular complexity index is 390. The van der Waals surface area contributed by atoms with Gasteiger partial charge in [0.1, 0.15) is 5.60 Å². The molecule has 1 rings (SSSR count). The second-order valence-corrected chi connectivity index (χ2v) is 6.94. The molecule has 0 spiro atoms. The molecule has 2 atom stereocenters. The van der Waals surface area contributed by atoms with Crippen molar-refractivity contribution in [2.24, 2.45) is 5.92 Å². The van der Waals surface area contributed by atoms with Crippen molar-refractivity contribution in [3.8, 4) is 0 Å². The molecule has 0 N–H and O–H groups in total. The minimum absolute atomic E-state index is 0.0991. The number of hydrogen-bond donors (Lipinski definition) is 0. The van der Waals surface area contributed by atoms with E-state index in [1.807, 2.05) is 27.8 Å². The maximum Gasteiger partial charge on any atom is 0.410 e. The summed E-state index contributed by atoms with van der Waals surface area (Å²) in [5.74, 6) is 0.594. The second-order valence-electron chi connectivity index (χ2n) is 6.94. The molecule has 0 aromatic heterocycles. The Morgan fingerprint density at radius 2 is 2.05 bits per heavy atom. The molecular formula is C17H29NO2. The molecule has 1 aliphatic rings. The summed E-state index contributed by atoms with van der Waals surface area (Å²) in [6.45, 7) is 10.1. The molecule has 0 bridgehead atoms. The lowest BCUT2D eigenvalue weighted by Crippen LogP contribution is -2.40. The number of ether oxygens (including phenoxy) is 1. The molecular weight excluding hydrogens is 250 g/mol. The highest BCUT2D eigenvalue weighted by Crippen LogP contribution is 2.22. The summed E-state index contributed by atoms with van der Waals surface area (Å²) in [5.41, 5.74) is 0.948. The third kappa shape index (κ3) is 5.81. The molecule has 20 heavy (non-hydrogen) atoms. The highest BCUT2D eigenvalue weighted by atomic mass is 16.6. The molecule has 2 unspecified atom stereocenters. The van der Waals surface area contributed by atoms with Crippen LogP contribution in [0.1, 0.15) is 53.9 Å². The Kier molecular flexibility index (Phi) is 5.85. The average molecular weight is 279 g/mol. The van der Waals surface area contributed by atoms with Crippen molar-refractivity contribution in [1.82, 2.24) is 4.90 Å². The number of carbonyl (C=O) groups is 1. The largest absolute Gasteiger partial charge is 0.444 e. The van der Waals surface area contributed by atoms with Gasteiger partial charge in [-0.25, -0.2) is 4.79 Å². The van der Waals surface area contributed by atoms with E-state index in [1.54, 1.807) is 4.90 Å². The number of likely N-dealkylation sites (N-methyl/N-ethyl adjacent to an activating group) is 1. The molecule has 1 amide bonds. The molecule has 0 heterocycles. The molecule has 114 valence electrons. The predicted molar refractivity (Wildman–Crippen MR) is 83.7 cm³/mol. The van der Waals surface area contributed by atoms with Gasteiger partial charge in [0.05, 0.1) is 6.04 Å². The van der Waals surface area contributed by atoms with Crippen molar-refractivity contribution >= 4 is 6.09 Å². The predicted octanol–water partition coefficient (Wildman–Crippen LogP) is 4.54. The quantitative estimate of drug-likeness (QED) is 0.705. The molecule has 0 aromatic carbocycles. The lowest BCUT2D eigenvalue weighted by Gasteiger charge is -2.30. The van der Waals surface area contributed by atoms with E-state index >= 15 is 0 Å². The van der Waals surface area contributed by atoms with Crippen LogP contribution in [0.5, 0.6) is 0 Å². The van der Waals surface area contributed by atoms with Gasteiger partial charge in [-0.2, -0.15) is 0 Å². The van der Waals surface area contributed by atoms with E-state index in [-0.39, 0.29) is 12.1 Å². The Hall–Kier alpha value is -1.25. The van der Waals surface area contributed by atoms with Gasteiger partial charge < -0.3 is 9.64 Å². The van der Waals surface area contributed by atoms with Crippen molar-refractivity contribution in [1.29, 1.82) is 0 Å². The first kappa shape index (κ1) is 16.8. The average Bonchev–Trinajstić information content (AvgIpc) is 2.38. The zero-order chi connectivity index (χ0) is 15.3. The van der Waals surface area contributed by atoms with Gasteiger partial charge in [0.15, 0.2) is 0 Å². The zero-order valence-corrected chi connectivity index (χ0v) is 13.8.